The van der Waals surface area contributed by atoms with E-state index in [2.05, 4.69) is 26.9 Å². The lowest BCUT2D eigenvalue weighted by Gasteiger charge is -2.43. The molecule has 0 saturated carbocycles. The van der Waals surface area contributed by atoms with E-state index >= 15 is 0 Å². The van der Waals surface area contributed by atoms with Crippen molar-refractivity contribution in [3.63, 3.8) is 0 Å². The van der Waals surface area contributed by atoms with Gasteiger partial charge in [0.05, 0.1) is 11.7 Å². The molecule has 2 unspecified atom stereocenters. The Bertz CT molecular complexity index is 1030. The van der Waals surface area contributed by atoms with Gasteiger partial charge in [0.1, 0.15) is 11.6 Å². The minimum absolute atomic E-state index is 0.165. The van der Waals surface area contributed by atoms with Crippen LogP contribution in [0.5, 0.6) is 0 Å². The fourth-order valence-corrected chi connectivity index (χ4v) is 5.14. The van der Waals surface area contributed by atoms with Gasteiger partial charge in [0.25, 0.3) is 0 Å². The lowest BCUT2D eigenvalue weighted by molar-refractivity contribution is -0.146. The van der Waals surface area contributed by atoms with E-state index in [1.807, 2.05) is 18.2 Å². The molecule has 1 aromatic heterocycles. The van der Waals surface area contributed by atoms with Gasteiger partial charge < -0.3 is 9.84 Å². The van der Waals surface area contributed by atoms with E-state index in [0.29, 0.717) is 11.6 Å². The number of carbonyl (C=O) groups is 2. The van der Waals surface area contributed by atoms with E-state index in [1.54, 1.807) is 27.0 Å². The number of fused-ring (bicyclic) bond motifs is 2. The smallest absolute Gasteiger partial charge is 0.411 e. The van der Waals surface area contributed by atoms with Crippen LogP contribution in [0.1, 0.15) is 49.2 Å². The second-order valence-electron chi connectivity index (χ2n) is 9.47. The Morgan fingerprint density at radius 3 is 2.61 bits per heavy atom. The number of rotatable bonds is 2. The molecule has 2 atom stereocenters. The van der Waals surface area contributed by atoms with Gasteiger partial charge in [-0.1, -0.05) is 17.7 Å². The zero-order valence-corrected chi connectivity index (χ0v) is 21.2. The van der Waals surface area contributed by atoms with Crippen molar-refractivity contribution in [2.24, 2.45) is 0 Å². The summed E-state index contributed by atoms with van der Waals surface area (Å²) in [5.74, 6) is -1.06. The highest BCUT2D eigenvalue weighted by atomic mass is 79.9. The Hall–Kier alpha value is -2.16. The van der Waals surface area contributed by atoms with Crippen molar-refractivity contribution in [2.75, 3.05) is 19.6 Å². The van der Waals surface area contributed by atoms with Crippen molar-refractivity contribution >= 4 is 39.6 Å². The molecule has 0 radical (unpaired) electrons. The zero-order valence-electron chi connectivity index (χ0n) is 18.8. The molecule has 1 saturated heterocycles. The molecule has 2 aromatic rings. The van der Waals surface area contributed by atoms with Crippen LogP contribution < -0.4 is 0 Å². The van der Waals surface area contributed by atoms with Gasteiger partial charge in [-0.2, -0.15) is 0 Å². The number of hydrogen-bond donors (Lipinski definition) is 1. The molecule has 1 N–H and O–H groups in total. The van der Waals surface area contributed by atoms with Crippen LogP contribution in [-0.4, -0.2) is 63.2 Å². The van der Waals surface area contributed by atoms with Gasteiger partial charge in [-0.3, -0.25) is 14.8 Å². The first-order valence-electron chi connectivity index (χ1n) is 10.9. The van der Waals surface area contributed by atoms with Crippen molar-refractivity contribution in [3.8, 4) is 0 Å². The number of hydrogen-bond acceptors (Lipinski definition) is 5. The van der Waals surface area contributed by atoms with Gasteiger partial charge >= 0.3 is 12.1 Å². The van der Waals surface area contributed by atoms with E-state index in [1.165, 1.54) is 4.90 Å². The Labute approximate surface area is 206 Å². The third-order valence-electron chi connectivity index (χ3n) is 5.98. The number of carbonyl (C=O) groups excluding carboxylic acids is 1. The number of carboxylic acids is 1. The molecule has 2 aliphatic rings. The molecule has 9 heteroatoms. The molecule has 0 spiro atoms. The summed E-state index contributed by atoms with van der Waals surface area (Å²) in [5, 5.41) is 10.6. The third-order valence-corrected chi connectivity index (χ3v) is 6.65. The molecule has 0 bridgehead atoms. The van der Waals surface area contributed by atoms with Gasteiger partial charge in [-0.25, -0.2) is 9.59 Å². The van der Waals surface area contributed by atoms with E-state index in [9.17, 15) is 14.7 Å². The molecule has 1 amide bonds. The maximum Gasteiger partial charge on any atom is 0.411 e. The summed E-state index contributed by atoms with van der Waals surface area (Å²) >= 11 is 9.82. The molecule has 1 aliphatic heterocycles. The molecular formula is C24H27BrClN3O4. The third kappa shape index (κ3) is 5.18. The number of aliphatic carboxylic acids is 1. The van der Waals surface area contributed by atoms with Crippen LogP contribution in [0.3, 0.4) is 0 Å². The predicted octanol–water partition coefficient (Wildman–Crippen LogP) is 4.69. The van der Waals surface area contributed by atoms with Gasteiger partial charge in [0, 0.05) is 35.3 Å². The molecule has 4 rings (SSSR count). The lowest BCUT2D eigenvalue weighted by Crippen LogP contribution is -2.59. The highest BCUT2D eigenvalue weighted by Crippen LogP contribution is 2.38. The Balaban J connectivity index is 1.71. The molecule has 2 heterocycles. The normalized spacial score (nSPS) is 21.1. The van der Waals surface area contributed by atoms with Crippen LogP contribution in [0.25, 0.3) is 0 Å². The lowest BCUT2D eigenvalue weighted by atomic mass is 9.95. The highest BCUT2D eigenvalue weighted by molar-refractivity contribution is 9.10. The van der Waals surface area contributed by atoms with Crippen LogP contribution in [0, 0.1) is 0 Å². The van der Waals surface area contributed by atoms with E-state index in [-0.39, 0.29) is 19.1 Å². The maximum atomic E-state index is 12.7. The quantitative estimate of drug-likeness (QED) is 0.600. The second kappa shape index (κ2) is 9.24. The molecule has 176 valence electrons. The zero-order chi connectivity index (χ0) is 23.9. The number of nitrogens with zero attached hydrogens (tertiary/aromatic N) is 3. The summed E-state index contributed by atoms with van der Waals surface area (Å²) < 4.78 is 6.37. The first-order chi connectivity index (χ1) is 15.5. The van der Waals surface area contributed by atoms with Crippen LogP contribution in [0.2, 0.25) is 5.02 Å². The minimum Gasteiger partial charge on any atom is -0.480 e. The SMILES string of the molecule is CC(C)(C)OC(=O)N1CCN(C2c3ccc(Cl)cc3CCc3cc(Br)cnc32)CC1C(=O)O. The number of aromatic nitrogens is 1. The summed E-state index contributed by atoms with van der Waals surface area (Å²) in [6, 6.07) is 6.68. The van der Waals surface area contributed by atoms with E-state index in [0.717, 1.165) is 39.7 Å². The van der Waals surface area contributed by atoms with Gasteiger partial charge in [0.15, 0.2) is 0 Å². The summed E-state index contributed by atoms with van der Waals surface area (Å²) in [6.45, 7) is 6.21. The minimum atomic E-state index is -1.06. The largest absolute Gasteiger partial charge is 0.480 e. The summed E-state index contributed by atoms with van der Waals surface area (Å²) in [4.78, 5) is 33.1. The molecule has 7 nitrogen and oxygen atoms in total. The number of pyridine rings is 1. The summed E-state index contributed by atoms with van der Waals surface area (Å²) in [7, 11) is 0. The number of halogens is 2. The van der Waals surface area contributed by atoms with Crippen molar-refractivity contribution in [1.29, 1.82) is 0 Å². The number of benzene rings is 1. The Morgan fingerprint density at radius 2 is 1.91 bits per heavy atom. The van der Waals surface area contributed by atoms with Gasteiger partial charge in [-0.05, 0) is 84.4 Å². The average Bonchev–Trinajstić information content (AvgIpc) is 2.88. The first kappa shape index (κ1) is 24.0. The van der Waals surface area contributed by atoms with Crippen LogP contribution in [-0.2, 0) is 22.4 Å². The van der Waals surface area contributed by atoms with E-state index < -0.39 is 23.7 Å². The van der Waals surface area contributed by atoms with Crippen molar-refractivity contribution < 1.29 is 19.4 Å². The molecule has 1 fully saturated rings. The van der Waals surface area contributed by atoms with Crippen LogP contribution in [0.4, 0.5) is 4.79 Å². The van der Waals surface area contributed by atoms with Crippen molar-refractivity contribution in [3.05, 3.63) is 62.3 Å². The van der Waals surface area contributed by atoms with Crippen LogP contribution in [0.15, 0.2) is 34.9 Å². The number of aryl methyl sites for hydroxylation is 2. The second-order valence-corrected chi connectivity index (χ2v) is 10.8. The average molecular weight is 537 g/mol. The number of ether oxygens (including phenoxy) is 1. The predicted molar refractivity (Wildman–Crippen MR) is 129 cm³/mol. The summed E-state index contributed by atoms with van der Waals surface area (Å²) in [6.07, 6.45) is 2.80. The van der Waals surface area contributed by atoms with Gasteiger partial charge in [-0.15, -0.1) is 0 Å². The number of amides is 1. The monoisotopic (exact) mass is 535 g/mol. The van der Waals surface area contributed by atoms with Crippen LogP contribution >= 0.6 is 27.5 Å². The van der Waals surface area contributed by atoms with Crippen molar-refractivity contribution in [2.45, 2.75) is 51.3 Å². The molecule has 1 aliphatic carbocycles. The Morgan fingerprint density at radius 1 is 1.18 bits per heavy atom. The molecule has 1 aromatic carbocycles. The standard InChI is InChI=1S/C24H27BrClN3O4/c1-24(2,3)33-23(32)29-9-8-28(13-19(29)22(30)31)21-18-7-6-17(26)11-14(18)4-5-15-10-16(25)12-27-20(15)21/h6-7,10-12,19,21H,4-5,8-9,13H2,1-3H3,(H,30,31). The maximum absolute atomic E-state index is 12.7. The fourth-order valence-electron chi connectivity index (χ4n) is 4.57. The van der Waals surface area contributed by atoms with Crippen molar-refractivity contribution in [1.82, 2.24) is 14.8 Å². The highest BCUT2D eigenvalue weighted by Gasteiger charge is 2.41. The molecular weight excluding hydrogens is 510 g/mol. The summed E-state index contributed by atoms with van der Waals surface area (Å²) in [5.41, 5.74) is 3.52. The van der Waals surface area contributed by atoms with E-state index in [4.69, 9.17) is 21.3 Å². The topological polar surface area (TPSA) is 83.0 Å². The Kier molecular flexibility index (Phi) is 6.71. The van der Waals surface area contributed by atoms with Gasteiger partial charge in [0.2, 0.25) is 0 Å². The molecule has 33 heavy (non-hydrogen) atoms. The fraction of sp³-hybridized carbons (Fsp3) is 0.458. The number of piperazine rings is 1. The first-order valence-corrected chi connectivity index (χ1v) is 12.1. The number of carboxylic acid groups (broad SMARTS) is 1.